The summed E-state index contributed by atoms with van der Waals surface area (Å²) in [5, 5.41) is 3.87. The van der Waals surface area contributed by atoms with Gasteiger partial charge in [-0.25, -0.2) is 0 Å². The molecule has 2 unspecified atom stereocenters. The summed E-state index contributed by atoms with van der Waals surface area (Å²) in [5.41, 5.74) is 5.78. The van der Waals surface area contributed by atoms with Crippen molar-refractivity contribution in [1.82, 2.24) is 10.1 Å². The van der Waals surface area contributed by atoms with Crippen molar-refractivity contribution in [2.75, 3.05) is 0 Å². The molecule has 0 aliphatic rings. The van der Waals surface area contributed by atoms with Gasteiger partial charge in [-0.3, -0.25) is 0 Å². The summed E-state index contributed by atoms with van der Waals surface area (Å²) in [6.45, 7) is 4.16. The Balaban J connectivity index is 0.00000180. The molecule has 2 aromatic rings. The molecule has 0 radical (unpaired) electrons. The number of benzene rings is 1. The van der Waals surface area contributed by atoms with E-state index >= 15 is 0 Å². The van der Waals surface area contributed by atoms with Crippen LogP contribution in [0.25, 0.3) is 0 Å². The van der Waals surface area contributed by atoms with Crippen molar-refractivity contribution in [3.8, 4) is 5.75 Å². The minimum Gasteiger partial charge on any atom is -0.485 e. The first-order chi connectivity index (χ1) is 8.66. The molecule has 2 rings (SSSR count). The van der Waals surface area contributed by atoms with Crippen LogP contribution >= 0.6 is 12.4 Å². The average Bonchev–Trinajstić information content (AvgIpc) is 2.85. The number of halogens is 1. The summed E-state index contributed by atoms with van der Waals surface area (Å²) in [6, 6.07) is 9.50. The molecule has 0 amide bonds. The Morgan fingerprint density at radius 1 is 1.26 bits per heavy atom. The Bertz CT molecular complexity index is 488. The molecule has 0 aliphatic heterocycles. The number of rotatable bonds is 5. The zero-order chi connectivity index (χ0) is 13.0. The first-order valence-electron chi connectivity index (χ1n) is 5.92. The van der Waals surface area contributed by atoms with Crippen LogP contribution in [0.15, 0.2) is 34.9 Å². The highest BCUT2D eigenvalue weighted by Crippen LogP contribution is 2.16. The summed E-state index contributed by atoms with van der Waals surface area (Å²) >= 11 is 0. The standard InChI is InChI=1S/C13H17N3O2.ClH/c1-9(10(2)14)13-15-12(16-18-13)8-17-11-6-4-3-5-7-11;/h3-7,9-10H,8,14H2,1-2H3;1H. The molecule has 2 atom stereocenters. The molecule has 0 spiro atoms. The van der Waals surface area contributed by atoms with Crippen LogP contribution < -0.4 is 10.5 Å². The lowest BCUT2D eigenvalue weighted by atomic mass is 10.1. The van der Waals surface area contributed by atoms with Gasteiger partial charge in [0.15, 0.2) is 6.61 Å². The van der Waals surface area contributed by atoms with Crippen LogP contribution in [0, 0.1) is 0 Å². The topological polar surface area (TPSA) is 74.2 Å². The monoisotopic (exact) mass is 283 g/mol. The fraction of sp³-hybridized carbons (Fsp3) is 0.385. The van der Waals surface area contributed by atoms with Crippen molar-refractivity contribution in [2.45, 2.75) is 32.4 Å². The zero-order valence-electron chi connectivity index (χ0n) is 10.9. The highest BCUT2D eigenvalue weighted by Gasteiger charge is 2.17. The van der Waals surface area contributed by atoms with E-state index in [4.69, 9.17) is 15.0 Å². The fourth-order valence-corrected chi connectivity index (χ4v) is 1.40. The van der Waals surface area contributed by atoms with Gasteiger partial charge in [0.2, 0.25) is 11.7 Å². The maximum atomic E-state index is 5.78. The Hall–Kier alpha value is -1.59. The van der Waals surface area contributed by atoms with E-state index in [9.17, 15) is 0 Å². The predicted octanol–water partition coefficient (Wildman–Crippen LogP) is 2.52. The van der Waals surface area contributed by atoms with Gasteiger partial charge < -0.3 is 15.0 Å². The Labute approximate surface area is 118 Å². The third-order valence-electron chi connectivity index (χ3n) is 2.77. The molecule has 0 bridgehead atoms. The molecule has 5 nitrogen and oxygen atoms in total. The summed E-state index contributed by atoms with van der Waals surface area (Å²) in [5.74, 6) is 1.91. The number of hydrogen-bond acceptors (Lipinski definition) is 5. The van der Waals surface area contributed by atoms with E-state index in [1.54, 1.807) is 0 Å². The Morgan fingerprint density at radius 2 is 1.95 bits per heavy atom. The summed E-state index contributed by atoms with van der Waals surface area (Å²) in [4.78, 5) is 4.26. The number of aromatic nitrogens is 2. The summed E-state index contributed by atoms with van der Waals surface area (Å²) < 4.78 is 10.7. The van der Waals surface area contributed by atoms with Crippen molar-refractivity contribution in [3.05, 3.63) is 42.0 Å². The van der Waals surface area contributed by atoms with Crippen molar-refractivity contribution in [1.29, 1.82) is 0 Å². The molecular weight excluding hydrogens is 266 g/mol. The minimum absolute atomic E-state index is 0. The number of nitrogens with two attached hydrogens (primary N) is 1. The van der Waals surface area contributed by atoms with Crippen molar-refractivity contribution in [2.24, 2.45) is 5.73 Å². The first-order valence-corrected chi connectivity index (χ1v) is 5.92. The van der Waals surface area contributed by atoms with Gasteiger partial charge in [0.25, 0.3) is 0 Å². The molecule has 0 saturated heterocycles. The summed E-state index contributed by atoms with van der Waals surface area (Å²) in [6.07, 6.45) is 0. The zero-order valence-corrected chi connectivity index (χ0v) is 11.8. The SMILES string of the molecule is CC(N)C(C)c1nc(COc2ccccc2)no1.Cl. The lowest BCUT2D eigenvalue weighted by Crippen LogP contribution is -2.22. The number of para-hydroxylation sites is 1. The van der Waals surface area contributed by atoms with Crippen LogP contribution in [0.3, 0.4) is 0 Å². The molecule has 1 heterocycles. The molecule has 1 aromatic carbocycles. The van der Waals surface area contributed by atoms with E-state index in [1.165, 1.54) is 0 Å². The Morgan fingerprint density at radius 3 is 2.58 bits per heavy atom. The largest absolute Gasteiger partial charge is 0.485 e. The van der Waals surface area contributed by atoms with Crippen LogP contribution in [-0.2, 0) is 6.61 Å². The normalized spacial score (nSPS) is 13.4. The maximum Gasteiger partial charge on any atom is 0.231 e. The van der Waals surface area contributed by atoms with E-state index in [0.29, 0.717) is 18.3 Å². The fourth-order valence-electron chi connectivity index (χ4n) is 1.40. The van der Waals surface area contributed by atoms with Gasteiger partial charge in [0.05, 0.1) is 5.92 Å². The Kier molecular flexibility index (Phi) is 5.79. The minimum atomic E-state index is -0.0201. The van der Waals surface area contributed by atoms with Gasteiger partial charge in [-0.15, -0.1) is 12.4 Å². The van der Waals surface area contributed by atoms with Crippen LogP contribution in [-0.4, -0.2) is 16.2 Å². The molecule has 2 N–H and O–H groups in total. The van der Waals surface area contributed by atoms with E-state index in [-0.39, 0.29) is 24.4 Å². The van der Waals surface area contributed by atoms with Gasteiger partial charge in [-0.2, -0.15) is 4.98 Å². The van der Waals surface area contributed by atoms with Crippen molar-refractivity contribution >= 4 is 12.4 Å². The van der Waals surface area contributed by atoms with Gasteiger partial charge in [0, 0.05) is 6.04 Å². The van der Waals surface area contributed by atoms with Gasteiger partial charge in [-0.1, -0.05) is 30.3 Å². The molecule has 0 aliphatic carbocycles. The third-order valence-corrected chi connectivity index (χ3v) is 2.77. The number of hydrogen-bond donors (Lipinski definition) is 1. The highest BCUT2D eigenvalue weighted by molar-refractivity contribution is 5.85. The second-order valence-electron chi connectivity index (χ2n) is 4.30. The second kappa shape index (κ2) is 7.11. The average molecular weight is 284 g/mol. The van der Waals surface area contributed by atoms with E-state index in [2.05, 4.69) is 10.1 Å². The highest BCUT2D eigenvalue weighted by atomic mass is 35.5. The lowest BCUT2D eigenvalue weighted by Gasteiger charge is -2.09. The lowest BCUT2D eigenvalue weighted by molar-refractivity contribution is 0.283. The molecule has 6 heteroatoms. The third kappa shape index (κ3) is 4.22. The number of nitrogens with zero attached hydrogens (tertiary/aromatic N) is 2. The van der Waals surface area contributed by atoms with Gasteiger partial charge >= 0.3 is 0 Å². The maximum absolute atomic E-state index is 5.78. The number of ether oxygens (including phenoxy) is 1. The van der Waals surface area contributed by atoms with Gasteiger partial charge in [-0.05, 0) is 19.1 Å². The molecular formula is C13H18ClN3O2. The van der Waals surface area contributed by atoms with Crippen LogP contribution in [0.2, 0.25) is 0 Å². The molecule has 0 fully saturated rings. The van der Waals surface area contributed by atoms with Crippen LogP contribution in [0.1, 0.15) is 31.5 Å². The second-order valence-corrected chi connectivity index (χ2v) is 4.30. The smallest absolute Gasteiger partial charge is 0.231 e. The van der Waals surface area contributed by atoms with Crippen LogP contribution in [0.5, 0.6) is 5.75 Å². The van der Waals surface area contributed by atoms with E-state index in [1.807, 2.05) is 44.2 Å². The molecule has 104 valence electrons. The summed E-state index contributed by atoms with van der Waals surface area (Å²) in [7, 11) is 0. The van der Waals surface area contributed by atoms with E-state index in [0.717, 1.165) is 5.75 Å². The van der Waals surface area contributed by atoms with Crippen LogP contribution in [0.4, 0.5) is 0 Å². The molecule has 0 saturated carbocycles. The van der Waals surface area contributed by atoms with E-state index < -0.39 is 0 Å². The quantitative estimate of drug-likeness (QED) is 0.913. The molecule has 1 aromatic heterocycles. The first kappa shape index (κ1) is 15.5. The van der Waals surface area contributed by atoms with Gasteiger partial charge in [0.1, 0.15) is 5.75 Å². The van der Waals surface area contributed by atoms with Crippen molar-refractivity contribution in [3.63, 3.8) is 0 Å². The molecule has 19 heavy (non-hydrogen) atoms. The predicted molar refractivity (Wildman–Crippen MR) is 74.4 cm³/mol. The van der Waals surface area contributed by atoms with Crippen molar-refractivity contribution < 1.29 is 9.26 Å².